The number of aryl methyl sites for hydroxylation is 1. The number of para-hydroxylation sites is 1. The van der Waals surface area contributed by atoms with Crippen molar-refractivity contribution in [1.29, 1.82) is 21.2 Å². The Hall–Kier alpha value is -3.38. The largest absolute Gasteiger partial charge is 0.496 e. The molecule has 2 bridgehead atoms. The normalized spacial score (nSPS) is 31.1. The maximum Gasteiger partial charge on any atom is 0.219 e. The van der Waals surface area contributed by atoms with Crippen LogP contribution in [0.3, 0.4) is 0 Å². The van der Waals surface area contributed by atoms with E-state index in [0.29, 0.717) is 16.2 Å². The minimum absolute atomic E-state index is 0.441. The van der Waals surface area contributed by atoms with E-state index in [0.717, 1.165) is 5.56 Å². The smallest absolute Gasteiger partial charge is 0.219 e. The van der Waals surface area contributed by atoms with Crippen molar-refractivity contribution in [2.24, 2.45) is 10.8 Å². The third kappa shape index (κ3) is 2.17. The van der Waals surface area contributed by atoms with Gasteiger partial charge in [-0.1, -0.05) is 18.2 Å². The summed E-state index contributed by atoms with van der Waals surface area (Å²) in [7, 11) is 1.50. The highest BCUT2D eigenvalue weighted by molar-refractivity contribution is 7.10. The molecule has 0 aliphatic carbocycles. The molecule has 2 aromatic rings. The summed E-state index contributed by atoms with van der Waals surface area (Å²) in [4.78, 5) is 0.667. The van der Waals surface area contributed by atoms with Crippen LogP contribution < -0.4 is 4.74 Å². The summed E-state index contributed by atoms with van der Waals surface area (Å²) >= 11 is 1.35. The minimum Gasteiger partial charge on any atom is -0.496 e. The number of nitrogens with zero attached hydrogens (tertiary/aromatic N) is 3. The molecule has 4 unspecified atom stereocenters. The fourth-order valence-electron chi connectivity index (χ4n) is 4.74. The van der Waals surface area contributed by atoms with E-state index in [1.807, 2.05) is 18.4 Å². The van der Waals surface area contributed by atoms with Crippen molar-refractivity contribution in [2.75, 3.05) is 7.11 Å². The number of fused-ring (bicyclic) bond motifs is 2. The van der Waals surface area contributed by atoms with Crippen molar-refractivity contribution >= 4 is 17.2 Å². The Morgan fingerprint density at radius 2 is 1.83 bits per heavy atom. The van der Waals surface area contributed by atoms with E-state index in [-0.39, 0.29) is 0 Å². The third-order valence-corrected chi connectivity index (χ3v) is 7.17. The second-order valence-corrected chi connectivity index (χ2v) is 8.49. The lowest BCUT2D eigenvalue weighted by Crippen LogP contribution is -2.57. The lowest BCUT2D eigenvalue weighted by atomic mass is 9.52. The highest BCUT2D eigenvalue weighted by Gasteiger charge is 2.80. The fraction of sp³-hybridized carbons (Fsp3) is 0.364. The second kappa shape index (κ2) is 6.57. The van der Waals surface area contributed by atoms with Gasteiger partial charge < -0.3 is 14.2 Å². The average Bonchev–Trinajstić information content (AvgIpc) is 3.25. The number of nitrogens with one attached hydrogen (secondary N) is 1. The van der Waals surface area contributed by atoms with E-state index in [4.69, 9.17) is 19.6 Å². The average molecular weight is 418 g/mol. The molecule has 0 radical (unpaired) electrons. The van der Waals surface area contributed by atoms with Crippen LogP contribution in [-0.4, -0.2) is 18.8 Å². The van der Waals surface area contributed by atoms with Gasteiger partial charge >= 0.3 is 0 Å². The van der Waals surface area contributed by atoms with Crippen molar-refractivity contribution in [1.82, 2.24) is 0 Å². The van der Waals surface area contributed by atoms with Crippen LogP contribution in [0.5, 0.6) is 5.75 Å². The van der Waals surface area contributed by atoms with Crippen molar-refractivity contribution in [2.45, 2.75) is 31.7 Å². The Balaban J connectivity index is 2.08. The van der Waals surface area contributed by atoms with Gasteiger partial charge in [0.15, 0.2) is 5.41 Å². The molecule has 0 saturated carbocycles. The van der Waals surface area contributed by atoms with Crippen LogP contribution in [-0.2, 0) is 9.47 Å². The number of hydrogen-bond donors (Lipinski definition) is 1. The summed E-state index contributed by atoms with van der Waals surface area (Å²) in [5.74, 6) is -2.34. The molecule has 0 amide bonds. The standard InChI is InChI=1S/C22H18N4O3S/c1-13-8-9-30-16(13)18-21(10-23,11-24)22(12-25)17(20(2,28-18)29-19(22)26)14-6-4-5-7-15(14)27-3/h4-9,17-18,26H,1-3H3. The fourth-order valence-corrected chi connectivity index (χ4v) is 5.76. The van der Waals surface area contributed by atoms with Crippen LogP contribution in [0.2, 0.25) is 0 Å². The summed E-state index contributed by atoms with van der Waals surface area (Å²) in [5.41, 5.74) is -2.50. The van der Waals surface area contributed by atoms with Crippen LogP contribution in [0.25, 0.3) is 0 Å². The van der Waals surface area contributed by atoms with Gasteiger partial charge in [0, 0.05) is 17.4 Å². The Morgan fingerprint density at radius 3 is 2.40 bits per heavy atom. The number of rotatable bonds is 3. The first kappa shape index (κ1) is 19.9. The molecule has 150 valence electrons. The van der Waals surface area contributed by atoms with Crippen LogP contribution in [0.1, 0.15) is 34.9 Å². The highest BCUT2D eigenvalue weighted by atomic mass is 32.1. The van der Waals surface area contributed by atoms with Gasteiger partial charge in [0.25, 0.3) is 0 Å². The maximum absolute atomic E-state index is 10.5. The summed E-state index contributed by atoms with van der Waals surface area (Å²) in [6.45, 7) is 3.50. The first-order valence-corrected chi connectivity index (χ1v) is 10.1. The second-order valence-electron chi connectivity index (χ2n) is 7.54. The summed E-state index contributed by atoms with van der Waals surface area (Å²) in [6, 6.07) is 15.2. The quantitative estimate of drug-likeness (QED) is 0.797. The predicted molar refractivity (Wildman–Crippen MR) is 108 cm³/mol. The van der Waals surface area contributed by atoms with E-state index in [1.54, 1.807) is 31.2 Å². The SMILES string of the molecule is COc1ccccc1C1C2(C)OC(=N)C1(C#N)C(C#N)(C#N)C(c1sccc1C)O2. The van der Waals surface area contributed by atoms with E-state index in [1.165, 1.54) is 18.4 Å². The molecule has 4 atom stereocenters. The number of methoxy groups -OCH3 is 1. The molecule has 2 fully saturated rings. The zero-order chi connectivity index (χ0) is 21.7. The topological polar surface area (TPSA) is 123 Å². The van der Waals surface area contributed by atoms with Gasteiger partial charge in [-0.25, -0.2) is 0 Å². The van der Waals surface area contributed by atoms with Gasteiger partial charge in [-0.15, -0.1) is 11.3 Å². The third-order valence-electron chi connectivity index (χ3n) is 6.11. The van der Waals surface area contributed by atoms with E-state index in [9.17, 15) is 15.8 Å². The lowest BCUT2D eigenvalue weighted by Gasteiger charge is -2.48. The summed E-state index contributed by atoms with van der Waals surface area (Å²) in [5, 5.41) is 41.6. The summed E-state index contributed by atoms with van der Waals surface area (Å²) in [6.07, 6.45) is -1.05. The molecule has 1 N–H and O–H groups in total. The van der Waals surface area contributed by atoms with E-state index < -0.39 is 34.5 Å². The zero-order valence-electron chi connectivity index (χ0n) is 16.6. The van der Waals surface area contributed by atoms with E-state index in [2.05, 4.69) is 18.2 Å². The number of benzene rings is 1. The Labute approximate surface area is 178 Å². The predicted octanol–water partition coefficient (Wildman–Crippen LogP) is 4.19. The molecular weight excluding hydrogens is 400 g/mol. The minimum atomic E-state index is -2.00. The first-order chi connectivity index (χ1) is 14.3. The van der Waals surface area contributed by atoms with Crippen LogP contribution in [0.15, 0.2) is 35.7 Å². The van der Waals surface area contributed by atoms with Crippen LogP contribution >= 0.6 is 11.3 Å². The maximum atomic E-state index is 10.5. The number of nitriles is 3. The van der Waals surface area contributed by atoms with Crippen molar-refractivity contribution in [3.63, 3.8) is 0 Å². The van der Waals surface area contributed by atoms with E-state index >= 15 is 0 Å². The molecule has 2 aliphatic rings. The van der Waals surface area contributed by atoms with Crippen LogP contribution in [0, 0.1) is 57.2 Å². The molecular formula is C22H18N4O3S. The molecule has 1 aromatic carbocycles. The van der Waals surface area contributed by atoms with Crippen LogP contribution in [0.4, 0.5) is 0 Å². The van der Waals surface area contributed by atoms with Gasteiger partial charge in [0.2, 0.25) is 17.1 Å². The molecule has 7 nitrogen and oxygen atoms in total. The van der Waals surface area contributed by atoms with Crippen molar-refractivity contribution < 1.29 is 14.2 Å². The molecule has 0 spiro atoms. The number of ether oxygens (including phenoxy) is 3. The first-order valence-electron chi connectivity index (χ1n) is 9.21. The Bertz CT molecular complexity index is 1160. The van der Waals surface area contributed by atoms with Gasteiger partial charge in [0.1, 0.15) is 11.9 Å². The Morgan fingerprint density at radius 1 is 1.13 bits per heavy atom. The van der Waals surface area contributed by atoms with Gasteiger partial charge in [-0.3, -0.25) is 5.41 Å². The molecule has 1 aromatic heterocycles. The molecule has 30 heavy (non-hydrogen) atoms. The molecule has 4 rings (SSSR count). The molecule has 2 aliphatic heterocycles. The monoisotopic (exact) mass is 418 g/mol. The molecule has 2 saturated heterocycles. The number of hydrogen-bond acceptors (Lipinski definition) is 8. The van der Waals surface area contributed by atoms with Gasteiger partial charge in [-0.05, 0) is 30.0 Å². The lowest BCUT2D eigenvalue weighted by molar-refractivity contribution is -0.253. The Kier molecular flexibility index (Phi) is 4.36. The van der Waals surface area contributed by atoms with Crippen molar-refractivity contribution in [3.8, 4) is 24.0 Å². The zero-order valence-corrected chi connectivity index (χ0v) is 17.4. The van der Waals surface area contributed by atoms with Gasteiger partial charge in [0.05, 0.1) is 31.2 Å². The summed E-state index contributed by atoms with van der Waals surface area (Å²) < 4.78 is 17.7. The molecule has 8 heteroatoms. The molecule has 3 heterocycles. The van der Waals surface area contributed by atoms with Crippen molar-refractivity contribution in [3.05, 3.63) is 51.7 Å². The highest BCUT2D eigenvalue weighted by Crippen LogP contribution is 2.70. The number of thiophene rings is 1. The van der Waals surface area contributed by atoms with Gasteiger partial charge in [-0.2, -0.15) is 15.8 Å².